The van der Waals surface area contributed by atoms with Gasteiger partial charge in [-0.05, 0) is 36.8 Å². The second-order valence-electron chi connectivity index (χ2n) is 7.94. The first-order valence-corrected chi connectivity index (χ1v) is 10.9. The first-order valence-electron chi connectivity index (χ1n) is 10.9. The molecule has 0 spiro atoms. The molecule has 1 N–H and O–H groups in total. The third kappa shape index (κ3) is 4.71. The lowest BCUT2D eigenvalue weighted by atomic mass is 9.81. The van der Waals surface area contributed by atoms with Crippen LogP contribution in [0.25, 0.3) is 0 Å². The summed E-state index contributed by atoms with van der Waals surface area (Å²) in [6, 6.07) is 5.88. The Morgan fingerprint density at radius 1 is 1.03 bits per heavy atom. The number of hydrogen-bond donors (Lipinski definition) is 1. The number of imide groups is 1. The molecule has 2 atom stereocenters. The number of ether oxygens (including phenoxy) is 1. The Kier molecular flexibility index (Phi) is 7.24. The fourth-order valence-electron chi connectivity index (χ4n) is 4.45. The molecule has 1 aromatic rings. The number of fused-ring (bicyclic) bond motifs is 1. The molecule has 1 heterocycles. The van der Waals surface area contributed by atoms with Crippen LogP contribution in [0.15, 0.2) is 18.2 Å². The van der Waals surface area contributed by atoms with Gasteiger partial charge in [0.15, 0.2) is 6.61 Å². The number of benzene rings is 1. The molecular formula is C23H30N2O5. The fourth-order valence-corrected chi connectivity index (χ4v) is 4.45. The molecule has 7 nitrogen and oxygen atoms in total. The highest BCUT2D eigenvalue weighted by Gasteiger charge is 2.47. The number of esters is 1. The van der Waals surface area contributed by atoms with E-state index in [0.29, 0.717) is 0 Å². The first-order chi connectivity index (χ1) is 14.5. The highest BCUT2D eigenvalue weighted by atomic mass is 16.5. The van der Waals surface area contributed by atoms with Gasteiger partial charge in [0.05, 0.1) is 18.3 Å². The number of anilines is 1. The number of rotatable bonds is 8. The molecule has 0 radical (unpaired) electrons. The molecule has 0 unspecified atom stereocenters. The van der Waals surface area contributed by atoms with Gasteiger partial charge in [-0.15, -0.1) is 0 Å². The van der Waals surface area contributed by atoms with Crippen molar-refractivity contribution in [3.8, 4) is 0 Å². The molecule has 1 saturated carbocycles. The van der Waals surface area contributed by atoms with Crippen molar-refractivity contribution in [2.24, 2.45) is 11.8 Å². The summed E-state index contributed by atoms with van der Waals surface area (Å²) >= 11 is 0. The maximum absolute atomic E-state index is 12.4. The molecular weight excluding hydrogens is 384 g/mol. The molecule has 162 valence electrons. The molecule has 1 aliphatic carbocycles. The Bertz CT molecular complexity index is 789. The van der Waals surface area contributed by atoms with E-state index >= 15 is 0 Å². The summed E-state index contributed by atoms with van der Waals surface area (Å²) in [5, 5.41) is 2.85. The minimum Gasteiger partial charge on any atom is -0.456 e. The number of aryl methyl sites for hydroxylation is 2. The van der Waals surface area contributed by atoms with Crippen molar-refractivity contribution in [1.82, 2.24) is 4.90 Å². The van der Waals surface area contributed by atoms with Crippen LogP contribution in [-0.2, 0) is 36.8 Å². The van der Waals surface area contributed by atoms with Crippen molar-refractivity contribution in [1.29, 1.82) is 0 Å². The summed E-state index contributed by atoms with van der Waals surface area (Å²) in [6.07, 6.45) is 4.88. The Morgan fingerprint density at radius 3 is 2.13 bits per heavy atom. The second kappa shape index (κ2) is 9.87. The molecule has 2 fully saturated rings. The van der Waals surface area contributed by atoms with E-state index in [0.717, 1.165) is 55.3 Å². The third-order valence-corrected chi connectivity index (χ3v) is 6.10. The van der Waals surface area contributed by atoms with Gasteiger partial charge in [0, 0.05) is 12.2 Å². The largest absolute Gasteiger partial charge is 0.456 e. The van der Waals surface area contributed by atoms with Gasteiger partial charge in [-0.3, -0.25) is 24.1 Å². The van der Waals surface area contributed by atoms with Gasteiger partial charge in [-0.25, -0.2) is 0 Å². The van der Waals surface area contributed by atoms with E-state index in [1.54, 1.807) is 0 Å². The number of amides is 3. The maximum atomic E-state index is 12.4. The van der Waals surface area contributed by atoms with Gasteiger partial charge in [0.1, 0.15) is 0 Å². The zero-order valence-corrected chi connectivity index (χ0v) is 17.7. The highest BCUT2D eigenvalue weighted by molar-refractivity contribution is 6.05. The Labute approximate surface area is 177 Å². The number of para-hydroxylation sites is 1. The van der Waals surface area contributed by atoms with Gasteiger partial charge < -0.3 is 10.1 Å². The summed E-state index contributed by atoms with van der Waals surface area (Å²) in [5.41, 5.74) is 2.84. The number of likely N-dealkylation sites (tertiary alicyclic amines) is 1. The standard InChI is InChI=1S/C23H30N2O5/c1-3-15-8-7-9-16(4-2)21(15)24-19(26)14-30-20(27)12-13-25-22(28)17-10-5-6-11-18(17)23(25)29/h7-9,17-18H,3-6,10-14H2,1-2H3,(H,24,26)/t17-,18+. The third-order valence-electron chi connectivity index (χ3n) is 6.10. The molecule has 1 saturated heterocycles. The van der Waals surface area contributed by atoms with Crippen molar-refractivity contribution in [2.75, 3.05) is 18.5 Å². The van der Waals surface area contributed by atoms with Gasteiger partial charge in [0.2, 0.25) is 11.8 Å². The monoisotopic (exact) mass is 414 g/mol. The van der Waals surface area contributed by atoms with Gasteiger partial charge in [-0.1, -0.05) is 44.9 Å². The number of hydrogen-bond acceptors (Lipinski definition) is 5. The van der Waals surface area contributed by atoms with Crippen LogP contribution in [-0.4, -0.2) is 41.7 Å². The number of nitrogens with zero attached hydrogens (tertiary/aromatic N) is 1. The van der Waals surface area contributed by atoms with Crippen LogP contribution in [0.1, 0.15) is 57.1 Å². The lowest BCUT2D eigenvalue weighted by Crippen LogP contribution is -2.33. The van der Waals surface area contributed by atoms with Crippen molar-refractivity contribution in [3.63, 3.8) is 0 Å². The summed E-state index contributed by atoms with van der Waals surface area (Å²) in [6.45, 7) is 3.65. The Balaban J connectivity index is 1.48. The SMILES string of the molecule is CCc1cccc(CC)c1NC(=O)COC(=O)CCN1C(=O)[C@H]2CCCC[C@H]2C1=O. The van der Waals surface area contributed by atoms with Crippen LogP contribution in [0.3, 0.4) is 0 Å². The Hall–Kier alpha value is -2.70. The van der Waals surface area contributed by atoms with Crippen molar-refractivity contribution in [3.05, 3.63) is 29.3 Å². The number of carbonyl (C=O) groups is 4. The summed E-state index contributed by atoms with van der Waals surface area (Å²) in [7, 11) is 0. The first kappa shape index (κ1) is 22.0. The van der Waals surface area contributed by atoms with Crippen LogP contribution in [0.2, 0.25) is 0 Å². The quantitative estimate of drug-likeness (QED) is 0.522. The molecule has 30 heavy (non-hydrogen) atoms. The van der Waals surface area contributed by atoms with Gasteiger partial charge >= 0.3 is 5.97 Å². The fraction of sp³-hybridized carbons (Fsp3) is 0.565. The molecule has 0 bridgehead atoms. The van der Waals surface area contributed by atoms with Crippen LogP contribution < -0.4 is 5.32 Å². The van der Waals surface area contributed by atoms with E-state index < -0.39 is 18.5 Å². The summed E-state index contributed by atoms with van der Waals surface area (Å²) < 4.78 is 5.07. The molecule has 3 rings (SSSR count). The summed E-state index contributed by atoms with van der Waals surface area (Å²) in [5.74, 6) is -1.78. The average Bonchev–Trinajstić information content (AvgIpc) is 3.01. The van der Waals surface area contributed by atoms with E-state index in [1.807, 2.05) is 32.0 Å². The van der Waals surface area contributed by atoms with E-state index in [1.165, 1.54) is 4.90 Å². The minimum absolute atomic E-state index is 0.0176. The Morgan fingerprint density at radius 2 is 1.60 bits per heavy atom. The molecule has 3 amide bonds. The molecule has 2 aliphatic rings. The predicted octanol–water partition coefficient (Wildman–Crippen LogP) is 2.86. The number of carbonyl (C=O) groups excluding carboxylic acids is 4. The number of nitrogens with one attached hydrogen (secondary N) is 1. The smallest absolute Gasteiger partial charge is 0.308 e. The van der Waals surface area contributed by atoms with E-state index in [4.69, 9.17) is 4.74 Å². The zero-order chi connectivity index (χ0) is 21.7. The molecule has 1 aromatic carbocycles. The predicted molar refractivity (Wildman–Crippen MR) is 112 cm³/mol. The van der Waals surface area contributed by atoms with Crippen molar-refractivity contribution < 1.29 is 23.9 Å². The normalized spacial score (nSPS) is 20.8. The molecule has 1 aliphatic heterocycles. The van der Waals surface area contributed by atoms with Crippen LogP contribution in [0.5, 0.6) is 0 Å². The molecule has 7 heteroatoms. The van der Waals surface area contributed by atoms with E-state index in [-0.39, 0.29) is 36.6 Å². The van der Waals surface area contributed by atoms with Crippen molar-refractivity contribution >= 4 is 29.4 Å². The summed E-state index contributed by atoms with van der Waals surface area (Å²) in [4.78, 5) is 50.4. The van der Waals surface area contributed by atoms with Crippen LogP contribution >= 0.6 is 0 Å². The maximum Gasteiger partial charge on any atom is 0.308 e. The van der Waals surface area contributed by atoms with Crippen molar-refractivity contribution in [2.45, 2.75) is 58.8 Å². The van der Waals surface area contributed by atoms with Gasteiger partial charge in [-0.2, -0.15) is 0 Å². The second-order valence-corrected chi connectivity index (χ2v) is 7.94. The lowest BCUT2D eigenvalue weighted by molar-refractivity contribution is -0.148. The zero-order valence-electron chi connectivity index (χ0n) is 17.7. The van der Waals surface area contributed by atoms with Crippen LogP contribution in [0, 0.1) is 11.8 Å². The average molecular weight is 415 g/mol. The highest BCUT2D eigenvalue weighted by Crippen LogP contribution is 2.38. The van der Waals surface area contributed by atoms with Gasteiger partial charge in [0.25, 0.3) is 5.91 Å². The lowest BCUT2D eigenvalue weighted by Gasteiger charge is -2.19. The minimum atomic E-state index is -0.597. The van der Waals surface area contributed by atoms with E-state index in [2.05, 4.69) is 5.32 Å². The topological polar surface area (TPSA) is 92.8 Å². The van der Waals surface area contributed by atoms with Crippen LogP contribution in [0.4, 0.5) is 5.69 Å². The van der Waals surface area contributed by atoms with E-state index in [9.17, 15) is 19.2 Å². The molecule has 0 aromatic heterocycles.